The zero-order valence-electron chi connectivity index (χ0n) is 10.5. The van der Waals surface area contributed by atoms with Crippen molar-refractivity contribution in [2.45, 2.75) is 12.8 Å². The van der Waals surface area contributed by atoms with Crippen LogP contribution in [0.5, 0.6) is 0 Å². The van der Waals surface area contributed by atoms with Gasteiger partial charge in [-0.2, -0.15) is 9.97 Å². The molecular formula is C14H10N4O2. The Morgan fingerprint density at radius 1 is 0.750 bits per heavy atom. The molecule has 0 fully saturated rings. The van der Waals surface area contributed by atoms with Crippen LogP contribution in [0.1, 0.15) is 11.8 Å². The van der Waals surface area contributed by atoms with Crippen molar-refractivity contribution in [3.63, 3.8) is 0 Å². The zero-order chi connectivity index (χ0) is 13.4. The van der Waals surface area contributed by atoms with E-state index in [4.69, 9.17) is 8.83 Å². The van der Waals surface area contributed by atoms with Crippen LogP contribution in [0.4, 0.5) is 0 Å². The van der Waals surface area contributed by atoms with Gasteiger partial charge in [-0.1, -0.05) is 0 Å². The zero-order valence-corrected chi connectivity index (χ0v) is 10.5. The molecule has 6 nitrogen and oxygen atoms in total. The summed E-state index contributed by atoms with van der Waals surface area (Å²) in [6.07, 6.45) is 4.62. The van der Waals surface area contributed by atoms with Crippen molar-refractivity contribution in [2.75, 3.05) is 0 Å². The summed E-state index contributed by atoms with van der Waals surface area (Å²) >= 11 is 0. The van der Waals surface area contributed by atoms with Gasteiger partial charge in [-0.15, -0.1) is 0 Å². The van der Waals surface area contributed by atoms with Gasteiger partial charge in [0, 0.05) is 25.2 Å². The average molecular weight is 266 g/mol. The van der Waals surface area contributed by atoms with Gasteiger partial charge in [0.1, 0.15) is 0 Å². The minimum atomic E-state index is 0.614. The quantitative estimate of drug-likeness (QED) is 0.567. The van der Waals surface area contributed by atoms with Crippen LogP contribution in [0, 0.1) is 0 Å². The second-order valence-electron chi connectivity index (χ2n) is 4.37. The molecular weight excluding hydrogens is 256 g/mol. The summed E-state index contributed by atoms with van der Waals surface area (Å²) in [5, 5.41) is 0. The average Bonchev–Trinajstić information content (AvgIpc) is 3.07. The van der Waals surface area contributed by atoms with Crippen molar-refractivity contribution < 1.29 is 8.83 Å². The smallest absolute Gasteiger partial charge is 0.198 e. The van der Waals surface area contributed by atoms with E-state index in [0.29, 0.717) is 47.1 Å². The first kappa shape index (κ1) is 11.1. The van der Waals surface area contributed by atoms with Crippen LogP contribution in [-0.4, -0.2) is 19.9 Å². The number of aryl methyl sites for hydroxylation is 2. The Bertz CT molecular complexity index is 741. The molecule has 20 heavy (non-hydrogen) atoms. The lowest BCUT2D eigenvalue weighted by Gasteiger charge is -1.90. The monoisotopic (exact) mass is 266 g/mol. The number of nitrogens with zero attached hydrogens (tertiary/aromatic N) is 4. The second-order valence-corrected chi connectivity index (χ2v) is 4.37. The third-order valence-corrected chi connectivity index (χ3v) is 2.97. The van der Waals surface area contributed by atoms with Crippen molar-refractivity contribution in [1.29, 1.82) is 0 Å². The highest BCUT2D eigenvalue weighted by atomic mass is 16.4. The lowest BCUT2D eigenvalue weighted by molar-refractivity contribution is 0.488. The summed E-state index contributed by atoms with van der Waals surface area (Å²) in [6, 6.07) is 7.35. The predicted molar refractivity (Wildman–Crippen MR) is 71.0 cm³/mol. The molecule has 0 atom stereocenters. The maximum atomic E-state index is 5.61. The van der Waals surface area contributed by atoms with Crippen LogP contribution in [0.2, 0.25) is 0 Å². The number of hydrogen-bond acceptors (Lipinski definition) is 6. The highest BCUT2D eigenvalue weighted by Crippen LogP contribution is 2.16. The van der Waals surface area contributed by atoms with Crippen LogP contribution >= 0.6 is 0 Å². The minimum absolute atomic E-state index is 0.614. The van der Waals surface area contributed by atoms with Gasteiger partial charge in [0.2, 0.25) is 0 Å². The Morgan fingerprint density at radius 3 is 1.70 bits per heavy atom. The second kappa shape index (κ2) is 4.41. The summed E-state index contributed by atoms with van der Waals surface area (Å²) < 4.78 is 11.2. The molecule has 6 heteroatoms. The Labute approximate surface area is 113 Å². The number of rotatable bonds is 3. The largest absolute Gasteiger partial charge is 0.439 e. The number of pyridine rings is 2. The van der Waals surface area contributed by atoms with Gasteiger partial charge in [0.25, 0.3) is 0 Å². The number of hydrogen-bond donors (Lipinski definition) is 0. The van der Waals surface area contributed by atoms with E-state index in [1.807, 2.05) is 24.3 Å². The topological polar surface area (TPSA) is 77.8 Å². The molecule has 4 aromatic rings. The van der Waals surface area contributed by atoms with E-state index in [0.717, 1.165) is 0 Å². The molecule has 4 rings (SSSR count). The maximum absolute atomic E-state index is 5.61. The van der Waals surface area contributed by atoms with E-state index in [1.165, 1.54) is 0 Å². The summed E-state index contributed by atoms with van der Waals surface area (Å²) in [4.78, 5) is 16.9. The summed E-state index contributed by atoms with van der Waals surface area (Å²) in [7, 11) is 0. The Kier molecular flexibility index (Phi) is 2.45. The Hall–Kier alpha value is -2.76. The number of oxazole rings is 2. The third-order valence-electron chi connectivity index (χ3n) is 2.97. The van der Waals surface area contributed by atoms with Gasteiger partial charge in [0.15, 0.2) is 34.2 Å². The predicted octanol–water partition coefficient (Wildman–Crippen LogP) is 2.54. The van der Waals surface area contributed by atoms with Crippen LogP contribution < -0.4 is 0 Å². The van der Waals surface area contributed by atoms with Crippen LogP contribution in [0.15, 0.2) is 45.5 Å². The maximum Gasteiger partial charge on any atom is 0.198 e. The van der Waals surface area contributed by atoms with Gasteiger partial charge < -0.3 is 8.83 Å². The van der Waals surface area contributed by atoms with Crippen molar-refractivity contribution in [3.8, 4) is 0 Å². The molecule has 0 radical (unpaired) electrons. The van der Waals surface area contributed by atoms with Gasteiger partial charge in [-0.05, 0) is 24.3 Å². The highest BCUT2D eigenvalue weighted by molar-refractivity contribution is 5.67. The molecule has 0 N–H and O–H groups in total. The molecule has 0 aliphatic rings. The van der Waals surface area contributed by atoms with Crippen molar-refractivity contribution in [1.82, 2.24) is 19.9 Å². The lowest BCUT2D eigenvalue weighted by atomic mass is 10.3. The Morgan fingerprint density at radius 2 is 1.25 bits per heavy atom. The van der Waals surface area contributed by atoms with Gasteiger partial charge >= 0.3 is 0 Å². The molecule has 0 saturated carbocycles. The summed E-state index contributed by atoms with van der Waals surface area (Å²) in [5.41, 5.74) is 2.65. The van der Waals surface area contributed by atoms with Crippen molar-refractivity contribution in [2.24, 2.45) is 0 Å². The normalized spacial score (nSPS) is 11.4. The molecule has 0 amide bonds. The van der Waals surface area contributed by atoms with Gasteiger partial charge in [-0.3, -0.25) is 0 Å². The Balaban J connectivity index is 1.57. The first-order valence-electron chi connectivity index (χ1n) is 6.29. The van der Waals surface area contributed by atoms with Crippen LogP contribution in [-0.2, 0) is 12.8 Å². The molecule has 4 aromatic heterocycles. The van der Waals surface area contributed by atoms with Gasteiger partial charge in [-0.25, -0.2) is 9.97 Å². The van der Waals surface area contributed by atoms with E-state index in [2.05, 4.69) is 19.9 Å². The van der Waals surface area contributed by atoms with Gasteiger partial charge in [0.05, 0.1) is 0 Å². The molecule has 4 heterocycles. The summed E-state index contributed by atoms with van der Waals surface area (Å²) in [6.45, 7) is 0. The standard InChI is InChI=1S/C14H10N4O2/c1-3-9-13(15-7-1)17-11(19-9)5-6-12-18-14-10(20-12)4-2-8-16-14/h1-4,7-8H,5-6H2. The van der Waals surface area contributed by atoms with Crippen molar-refractivity contribution >= 4 is 22.5 Å². The van der Waals surface area contributed by atoms with Crippen molar-refractivity contribution in [3.05, 3.63) is 48.4 Å². The van der Waals surface area contributed by atoms with E-state index >= 15 is 0 Å². The SMILES string of the molecule is c1cnc2nc(CCc3nc4ncccc4o3)oc2c1. The molecule has 0 saturated heterocycles. The van der Waals surface area contributed by atoms with E-state index < -0.39 is 0 Å². The molecule has 0 bridgehead atoms. The third kappa shape index (κ3) is 1.91. The first-order chi connectivity index (χ1) is 9.88. The molecule has 0 unspecified atom stereocenters. The lowest BCUT2D eigenvalue weighted by Crippen LogP contribution is -1.91. The summed E-state index contributed by atoms with van der Waals surface area (Å²) in [5.74, 6) is 1.27. The fourth-order valence-electron chi connectivity index (χ4n) is 2.06. The van der Waals surface area contributed by atoms with E-state index in [1.54, 1.807) is 12.4 Å². The fourth-order valence-corrected chi connectivity index (χ4v) is 2.06. The minimum Gasteiger partial charge on any atom is -0.439 e. The molecule has 0 aromatic carbocycles. The number of aromatic nitrogens is 4. The molecule has 0 aliphatic carbocycles. The van der Waals surface area contributed by atoms with E-state index in [9.17, 15) is 0 Å². The molecule has 0 spiro atoms. The van der Waals surface area contributed by atoms with Crippen LogP contribution in [0.25, 0.3) is 22.5 Å². The number of fused-ring (bicyclic) bond motifs is 2. The molecule has 0 aliphatic heterocycles. The fraction of sp³-hybridized carbons (Fsp3) is 0.143. The highest BCUT2D eigenvalue weighted by Gasteiger charge is 2.10. The van der Waals surface area contributed by atoms with E-state index in [-0.39, 0.29) is 0 Å². The van der Waals surface area contributed by atoms with Crippen LogP contribution in [0.3, 0.4) is 0 Å². The molecule has 98 valence electrons. The first-order valence-corrected chi connectivity index (χ1v) is 6.29.